The number of carbonyl (C=O) groups excluding carboxylic acids is 1. The first-order valence-corrected chi connectivity index (χ1v) is 4.21. The number of alkyl halides is 3. The Labute approximate surface area is 85.4 Å². The van der Waals surface area contributed by atoms with Gasteiger partial charge in [0.05, 0.1) is 12.9 Å². The molecule has 1 aliphatic heterocycles. The van der Waals surface area contributed by atoms with Crippen molar-refractivity contribution in [2.75, 3.05) is 6.61 Å². The van der Waals surface area contributed by atoms with Crippen LogP contribution in [0.15, 0.2) is 12.3 Å². The number of nitrogens with two attached hydrogens (primary N) is 1. The highest BCUT2D eigenvalue weighted by molar-refractivity contribution is 6.76. The minimum Gasteiger partial charge on any atom is -0.501 e. The topological polar surface area (TPSA) is 52.3 Å². The first kappa shape index (κ1) is 11.9. The SMILES string of the molecule is C1=COCC1.NC(=O)C(Cl)(Cl)Cl. The van der Waals surface area contributed by atoms with Crippen molar-refractivity contribution in [3.8, 4) is 0 Å². The van der Waals surface area contributed by atoms with Crippen LogP contribution in [0.25, 0.3) is 0 Å². The van der Waals surface area contributed by atoms with Gasteiger partial charge in [-0.3, -0.25) is 4.79 Å². The molecule has 1 amide bonds. The summed E-state index contributed by atoms with van der Waals surface area (Å²) < 4.78 is 2.82. The molecule has 1 heterocycles. The Bertz CT molecular complexity index is 170. The van der Waals surface area contributed by atoms with E-state index in [1.807, 2.05) is 6.08 Å². The number of ether oxygens (including phenoxy) is 1. The van der Waals surface area contributed by atoms with Gasteiger partial charge in [-0.1, -0.05) is 34.8 Å². The van der Waals surface area contributed by atoms with E-state index in [0.29, 0.717) is 0 Å². The molecule has 6 heteroatoms. The molecule has 2 N–H and O–H groups in total. The number of hydrogen-bond donors (Lipinski definition) is 1. The van der Waals surface area contributed by atoms with Gasteiger partial charge in [0.1, 0.15) is 0 Å². The van der Waals surface area contributed by atoms with Crippen LogP contribution >= 0.6 is 34.8 Å². The standard InChI is InChI=1S/C4H6O.C2H2Cl3NO/c1-2-4-5-3-1;3-2(4,5)1(6)7/h1,3H,2,4H2;(H2,6,7). The summed E-state index contributed by atoms with van der Waals surface area (Å²) >= 11 is 14.8. The van der Waals surface area contributed by atoms with E-state index >= 15 is 0 Å². The van der Waals surface area contributed by atoms with Crippen LogP contribution in [0.2, 0.25) is 0 Å². The smallest absolute Gasteiger partial charge is 0.269 e. The van der Waals surface area contributed by atoms with E-state index in [2.05, 4.69) is 5.73 Å². The maximum atomic E-state index is 9.85. The van der Waals surface area contributed by atoms with Crippen molar-refractivity contribution in [1.82, 2.24) is 0 Å². The normalized spacial score (nSPS) is 14.6. The zero-order chi connectivity index (χ0) is 9.61. The number of carbonyl (C=O) groups is 1. The zero-order valence-corrected chi connectivity index (χ0v) is 8.36. The van der Waals surface area contributed by atoms with E-state index in [9.17, 15) is 4.79 Å². The molecule has 0 saturated carbocycles. The molecule has 0 atom stereocenters. The Morgan fingerprint density at radius 1 is 1.50 bits per heavy atom. The number of primary amides is 1. The Morgan fingerprint density at radius 3 is 2.08 bits per heavy atom. The maximum Gasteiger partial charge on any atom is 0.269 e. The van der Waals surface area contributed by atoms with Crippen molar-refractivity contribution in [3.63, 3.8) is 0 Å². The molecule has 0 spiro atoms. The maximum absolute atomic E-state index is 9.85. The van der Waals surface area contributed by atoms with Gasteiger partial charge in [0.15, 0.2) is 0 Å². The lowest BCUT2D eigenvalue weighted by Crippen LogP contribution is -2.27. The van der Waals surface area contributed by atoms with E-state index in [0.717, 1.165) is 13.0 Å². The van der Waals surface area contributed by atoms with Crippen molar-refractivity contribution >= 4 is 40.7 Å². The average molecular weight is 232 g/mol. The lowest BCUT2D eigenvalue weighted by atomic mass is 10.5. The summed E-state index contributed by atoms with van der Waals surface area (Å²) in [6, 6.07) is 0. The molecule has 1 rings (SSSR count). The molecule has 70 valence electrons. The Kier molecular flexibility index (Phi) is 5.46. The van der Waals surface area contributed by atoms with Gasteiger partial charge in [-0.05, 0) is 6.08 Å². The lowest BCUT2D eigenvalue weighted by Gasteiger charge is -2.01. The predicted octanol–water partition coefficient (Wildman–Crippen LogP) is 1.76. The van der Waals surface area contributed by atoms with Crippen LogP contribution in [0.3, 0.4) is 0 Å². The summed E-state index contributed by atoms with van der Waals surface area (Å²) in [4.78, 5) is 9.85. The second kappa shape index (κ2) is 5.51. The van der Waals surface area contributed by atoms with Gasteiger partial charge in [0, 0.05) is 6.42 Å². The summed E-state index contributed by atoms with van der Waals surface area (Å²) in [5.74, 6) is -0.961. The fourth-order valence-corrected chi connectivity index (χ4v) is 0.340. The zero-order valence-electron chi connectivity index (χ0n) is 6.10. The quantitative estimate of drug-likeness (QED) is 0.647. The van der Waals surface area contributed by atoms with E-state index in [1.54, 1.807) is 6.26 Å². The van der Waals surface area contributed by atoms with Crippen molar-refractivity contribution in [2.24, 2.45) is 5.73 Å². The largest absolute Gasteiger partial charge is 0.501 e. The minimum atomic E-state index is -1.94. The van der Waals surface area contributed by atoms with Crippen LogP contribution in [0.5, 0.6) is 0 Å². The third-order valence-corrected chi connectivity index (χ3v) is 1.43. The van der Waals surface area contributed by atoms with E-state index in [-0.39, 0.29) is 0 Å². The van der Waals surface area contributed by atoms with Gasteiger partial charge in [-0.15, -0.1) is 0 Å². The second-order valence-corrected chi connectivity index (χ2v) is 4.17. The predicted molar refractivity (Wildman–Crippen MR) is 49.2 cm³/mol. The molecule has 0 saturated heterocycles. The van der Waals surface area contributed by atoms with Crippen LogP contribution in [-0.4, -0.2) is 16.3 Å². The molecule has 0 bridgehead atoms. The number of amides is 1. The molecule has 3 nitrogen and oxygen atoms in total. The summed E-state index contributed by atoms with van der Waals surface area (Å²) in [6.45, 7) is 0.889. The van der Waals surface area contributed by atoms with Crippen molar-refractivity contribution < 1.29 is 9.53 Å². The summed E-state index contributed by atoms with van der Waals surface area (Å²) in [5.41, 5.74) is 4.53. The van der Waals surface area contributed by atoms with E-state index in [4.69, 9.17) is 39.5 Å². The molecular weight excluding hydrogens is 224 g/mol. The third-order valence-electron chi connectivity index (χ3n) is 0.874. The van der Waals surface area contributed by atoms with Crippen LogP contribution in [0, 0.1) is 0 Å². The van der Waals surface area contributed by atoms with Gasteiger partial charge in [0.2, 0.25) is 0 Å². The fourth-order valence-electron chi connectivity index (χ4n) is 0.340. The summed E-state index contributed by atoms with van der Waals surface area (Å²) in [6.07, 6.45) is 4.85. The Balaban J connectivity index is 0.000000211. The number of halogens is 3. The second-order valence-electron chi connectivity index (χ2n) is 1.89. The van der Waals surface area contributed by atoms with E-state index < -0.39 is 9.70 Å². The minimum absolute atomic E-state index is 0.889. The number of hydrogen-bond acceptors (Lipinski definition) is 2. The lowest BCUT2D eigenvalue weighted by molar-refractivity contribution is -0.117. The van der Waals surface area contributed by atoms with Gasteiger partial charge in [0.25, 0.3) is 9.70 Å². The molecule has 0 aliphatic carbocycles. The van der Waals surface area contributed by atoms with Gasteiger partial charge < -0.3 is 10.5 Å². The molecule has 0 aromatic rings. The van der Waals surface area contributed by atoms with Crippen LogP contribution < -0.4 is 5.73 Å². The van der Waals surface area contributed by atoms with Gasteiger partial charge in [-0.25, -0.2) is 0 Å². The first-order valence-electron chi connectivity index (χ1n) is 3.08. The third kappa shape index (κ3) is 6.58. The first-order chi connectivity index (χ1) is 5.44. The summed E-state index contributed by atoms with van der Waals surface area (Å²) in [7, 11) is 0. The van der Waals surface area contributed by atoms with Crippen LogP contribution in [0.1, 0.15) is 6.42 Å². The van der Waals surface area contributed by atoms with Crippen molar-refractivity contribution in [1.29, 1.82) is 0 Å². The molecule has 0 unspecified atom stereocenters. The Hall–Kier alpha value is -0.120. The molecule has 0 fully saturated rings. The highest BCUT2D eigenvalue weighted by Gasteiger charge is 2.26. The molecular formula is C6H8Cl3NO2. The molecule has 12 heavy (non-hydrogen) atoms. The average Bonchev–Trinajstić information content (AvgIpc) is 2.39. The molecule has 0 aromatic heterocycles. The highest BCUT2D eigenvalue weighted by Crippen LogP contribution is 2.24. The van der Waals surface area contributed by atoms with Crippen LogP contribution in [0.4, 0.5) is 0 Å². The van der Waals surface area contributed by atoms with Gasteiger partial charge >= 0.3 is 0 Å². The molecule has 1 aliphatic rings. The van der Waals surface area contributed by atoms with E-state index in [1.165, 1.54) is 0 Å². The Morgan fingerprint density at radius 2 is 2.00 bits per heavy atom. The monoisotopic (exact) mass is 231 g/mol. The van der Waals surface area contributed by atoms with Gasteiger partial charge in [-0.2, -0.15) is 0 Å². The van der Waals surface area contributed by atoms with Crippen LogP contribution in [-0.2, 0) is 9.53 Å². The molecule has 0 aromatic carbocycles. The molecule has 0 radical (unpaired) electrons. The van der Waals surface area contributed by atoms with Crippen molar-refractivity contribution in [3.05, 3.63) is 12.3 Å². The highest BCUT2D eigenvalue weighted by atomic mass is 35.6. The fraction of sp³-hybridized carbons (Fsp3) is 0.500. The summed E-state index contributed by atoms with van der Waals surface area (Å²) in [5, 5.41) is 0. The number of rotatable bonds is 0. The van der Waals surface area contributed by atoms with Crippen molar-refractivity contribution in [2.45, 2.75) is 10.2 Å².